The van der Waals surface area contributed by atoms with Crippen molar-refractivity contribution in [2.75, 3.05) is 13.1 Å². The molecule has 2 nitrogen and oxygen atoms in total. The molecule has 0 aliphatic carbocycles. The molecule has 0 amide bonds. The Bertz CT molecular complexity index is 309. The van der Waals surface area contributed by atoms with Crippen molar-refractivity contribution >= 4 is 15.9 Å². The van der Waals surface area contributed by atoms with Crippen LogP contribution in [-0.2, 0) is 0 Å². The van der Waals surface area contributed by atoms with E-state index in [1.54, 1.807) is 6.26 Å². The van der Waals surface area contributed by atoms with Crippen LogP contribution in [0.4, 0.5) is 0 Å². The molecule has 1 rings (SSSR count). The van der Waals surface area contributed by atoms with Crippen molar-refractivity contribution in [3.8, 4) is 0 Å². The van der Waals surface area contributed by atoms with Gasteiger partial charge in [-0.1, -0.05) is 27.7 Å². The first kappa shape index (κ1) is 13.8. The van der Waals surface area contributed by atoms with E-state index in [0.29, 0.717) is 17.8 Å². The van der Waals surface area contributed by atoms with Crippen molar-refractivity contribution < 1.29 is 4.42 Å². The molecule has 16 heavy (non-hydrogen) atoms. The van der Waals surface area contributed by atoms with E-state index in [-0.39, 0.29) is 0 Å². The third-order valence-electron chi connectivity index (χ3n) is 2.93. The predicted molar refractivity (Wildman–Crippen MR) is 71.7 cm³/mol. The van der Waals surface area contributed by atoms with Crippen molar-refractivity contribution in [3.63, 3.8) is 0 Å². The lowest BCUT2D eigenvalue weighted by atomic mass is 9.93. The average molecular weight is 288 g/mol. The summed E-state index contributed by atoms with van der Waals surface area (Å²) in [5, 5.41) is 3.49. The molecule has 0 spiro atoms. The lowest BCUT2D eigenvalue weighted by molar-refractivity contribution is 0.372. The minimum absolute atomic E-state index is 0.434. The highest BCUT2D eigenvalue weighted by Crippen LogP contribution is 2.30. The van der Waals surface area contributed by atoms with E-state index in [4.69, 9.17) is 4.42 Å². The number of nitrogens with one attached hydrogen (secondary N) is 1. The third kappa shape index (κ3) is 3.95. The minimum Gasteiger partial charge on any atom is -0.468 e. The van der Waals surface area contributed by atoms with E-state index in [1.807, 2.05) is 6.07 Å². The molecular weight excluding hydrogens is 266 g/mol. The lowest BCUT2D eigenvalue weighted by Gasteiger charge is -2.19. The molecule has 1 aromatic rings. The first-order chi connectivity index (χ1) is 7.52. The fourth-order valence-corrected chi connectivity index (χ4v) is 2.23. The lowest BCUT2D eigenvalue weighted by Crippen LogP contribution is -2.27. The highest BCUT2D eigenvalue weighted by molar-refractivity contribution is 9.10. The molecular formula is C13H22BrNO. The van der Waals surface area contributed by atoms with Crippen molar-refractivity contribution in [2.45, 2.75) is 33.6 Å². The highest BCUT2D eigenvalue weighted by atomic mass is 79.9. The number of halogens is 1. The average Bonchev–Trinajstić information content (AvgIpc) is 2.62. The summed E-state index contributed by atoms with van der Waals surface area (Å²) in [5.41, 5.74) is 0. The first-order valence-corrected chi connectivity index (χ1v) is 6.75. The van der Waals surface area contributed by atoms with Gasteiger partial charge in [0.2, 0.25) is 0 Å². The highest BCUT2D eigenvalue weighted by Gasteiger charge is 2.19. The zero-order valence-corrected chi connectivity index (χ0v) is 12.2. The largest absolute Gasteiger partial charge is 0.468 e. The maximum Gasteiger partial charge on any atom is 0.121 e. The summed E-state index contributed by atoms with van der Waals surface area (Å²) in [6.07, 6.45) is 1.74. The summed E-state index contributed by atoms with van der Waals surface area (Å²) in [5.74, 6) is 2.77. The van der Waals surface area contributed by atoms with E-state index >= 15 is 0 Å². The molecule has 0 aliphatic rings. The van der Waals surface area contributed by atoms with Gasteiger partial charge >= 0.3 is 0 Å². The smallest absolute Gasteiger partial charge is 0.121 e. The second-order valence-electron chi connectivity index (χ2n) is 4.95. The van der Waals surface area contributed by atoms with Crippen LogP contribution >= 0.6 is 15.9 Å². The first-order valence-electron chi connectivity index (χ1n) is 5.96. The van der Waals surface area contributed by atoms with Gasteiger partial charge in [-0.2, -0.15) is 0 Å². The van der Waals surface area contributed by atoms with Crippen LogP contribution in [0.5, 0.6) is 0 Å². The number of hydrogen-bond acceptors (Lipinski definition) is 2. The molecule has 0 bridgehead atoms. The molecule has 0 saturated carbocycles. The van der Waals surface area contributed by atoms with Gasteiger partial charge in [0.15, 0.2) is 0 Å². The van der Waals surface area contributed by atoms with Gasteiger partial charge in [-0.25, -0.2) is 0 Å². The van der Waals surface area contributed by atoms with E-state index in [0.717, 1.165) is 23.3 Å². The van der Waals surface area contributed by atoms with Crippen LogP contribution in [0.15, 0.2) is 21.2 Å². The number of rotatable bonds is 6. The normalized spacial score (nSPS) is 15.4. The zero-order chi connectivity index (χ0) is 12.1. The number of furan rings is 1. The Balaban J connectivity index is 2.42. The maximum atomic E-state index is 5.50. The standard InChI is InChI=1S/C13H22BrNO/c1-9(2)7-15-8-10(3)11(4)13-12(14)5-6-16-13/h5-6,9-11,15H,7-8H2,1-4H3. The Morgan fingerprint density at radius 3 is 2.44 bits per heavy atom. The Kier molecular flexibility index (Phi) is 5.56. The molecule has 1 aromatic heterocycles. The molecule has 92 valence electrons. The van der Waals surface area contributed by atoms with Crippen molar-refractivity contribution in [3.05, 3.63) is 22.6 Å². The van der Waals surface area contributed by atoms with Gasteiger partial charge in [-0.05, 0) is 46.9 Å². The molecule has 0 saturated heterocycles. The zero-order valence-electron chi connectivity index (χ0n) is 10.6. The Labute approximate surface area is 107 Å². The summed E-state index contributed by atoms with van der Waals surface area (Å²) in [4.78, 5) is 0. The molecule has 2 atom stereocenters. The SMILES string of the molecule is CC(C)CNCC(C)C(C)c1occc1Br. The van der Waals surface area contributed by atoms with E-state index in [1.165, 1.54) is 0 Å². The van der Waals surface area contributed by atoms with Crippen molar-refractivity contribution in [2.24, 2.45) is 11.8 Å². The summed E-state index contributed by atoms with van der Waals surface area (Å²) < 4.78 is 6.58. The van der Waals surface area contributed by atoms with Crippen LogP contribution in [0, 0.1) is 11.8 Å². The molecule has 2 unspecified atom stereocenters. The number of hydrogen-bond donors (Lipinski definition) is 1. The van der Waals surface area contributed by atoms with Crippen LogP contribution in [0.3, 0.4) is 0 Å². The summed E-state index contributed by atoms with van der Waals surface area (Å²) >= 11 is 3.51. The van der Waals surface area contributed by atoms with Gasteiger partial charge in [0.05, 0.1) is 10.7 Å². The maximum absolute atomic E-state index is 5.50. The van der Waals surface area contributed by atoms with E-state index in [9.17, 15) is 0 Å². The van der Waals surface area contributed by atoms with Crippen LogP contribution in [-0.4, -0.2) is 13.1 Å². The quantitative estimate of drug-likeness (QED) is 0.855. The molecule has 0 fully saturated rings. The van der Waals surface area contributed by atoms with Crippen LogP contribution in [0.1, 0.15) is 39.4 Å². The van der Waals surface area contributed by atoms with Gasteiger partial charge in [-0.15, -0.1) is 0 Å². The molecule has 0 aromatic carbocycles. The minimum atomic E-state index is 0.434. The van der Waals surface area contributed by atoms with Gasteiger partial charge in [-0.3, -0.25) is 0 Å². The second kappa shape index (κ2) is 6.45. The molecule has 1 heterocycles. The Hall–Kier alpha value is -0.280. The fraction of sp³-hybridized carbons (Fsp3) is 0.692. The monoisotopic (exact) mass is 287 g/mol. The van der Waals surface area contributed by atoms with E-state index in [2.05, 4.69) is 48.9 Å². The second-order valence-corrected chi connectivity index (χ2v) is 5.81. The van der Waals surface area contributed by atoms with Crippen LogP contribution in [0.2, 0.25) is 0 Å². The van der Waals surface area contributed by atoms with Gasteiger partial charge in [0, 0.05) is 5.92 Å². The summed E-state index contributed by atoms with van der Waals surface area (Å²) in [7, 11) is 0. The van der Waals surface area contributed by atoms with Crippen LogP contribution in [0.25, 0.3) is 0 Å². The Morgan fingerprint density at radius 2 is 1.94 bits per heavy atom. The molecule has 0 radical (unpaired) electrons. The topological polar surface area (TPSA) is 25.2 Å². The predicted octanol–water partition coefficient (Wildman–Crippen LogP) is 4.03. The third-order valence-corrected chi connectivity index (χ3v) is 3.59. The summed E-state index contributed by atoms with van der Waals surface area (Å²) in [6, 6.07) is 1.96. The van der Waals surface area contributed by atoms with Gasteiger partial charge in [0.25, 0.3) is 0 Å². The Morgan fingerprint density at radius 1 is 1.25 bits per heavy atom. The van der Waals surface area contributed by atoms with Crippen molar-refractivity contribution in [1.29, 1.82) is 0 Å². The molecule has 3 heteroatoms. The molecule has 1 N–H and O–H groups in total. The van der Waals surface area contributed by atoms with E-state index < -0.39 is 0 Å². The fourth-order valence-electron chi connectivity index (χ4n) is 1.67. The van der Waals surface area contributed by atoms with Gasteiger partial charge < -0.3 is 9.73 Å². The van der Waals surface area contributed by atoms with Crippen molar-refractivity contribution in [1.82, 2.24) is 5.32 Å². The molecule has 0 aliphatic heterocycles. The van der Waals surface area contributed by atoms with Crippen LogP contribution < -0.4 is 5.32 Å². The summed E-state index contributed by atoms with van der Waals surface area (Å²) in [6.45, 7) is 11.0. The van der Waals surface area contributed by atoms with Gasteiger partial charge in [0.1, 0.15) is 5.76 Å².